The third-order valence-corrected chi connectivity index (χ3v) is 3.25. The van der Waals surface area contributed by atoms with Crippen LogP contribution < -0.4 is 15.8 Å². The minimum Gasteiger partial charge on any atom is -0.406 e. The van der Waals surface area contributed by atoms with Crippen LogP contribution in [-0.2, 0) is 4.79 Å². The first kappa shape index (κ1) is 16.1. The third-order valence-electron chi connectivity index (χ3n) is 3.25. The van der Waals surface area contributed by atoms with E-state index in [0.717, 1.165) is 18.9 Å². The Bertz CT molecular complexity index is 597. The zero-order valence-corrected chi connectivity index (χ0v) is 11.7. The Morgan fingerprint density at radius 2 is 1.95 bits per heavy atom. The van der Waals surface area contributed by atoms with E-state index in [-0.39, 0.29) is 11.5 Å². The topological polar surface area (TPSA) is 81.4 Å². The van der Waals surface area contributed by atoms with Crippen molar-refractivity contribution in [2.45, 2.75) is 38.1 Å². The highest BCUT2D eigenvalue weighted by atomic mass is 19.4. The summed E-state index contributed by atoms with van der Waals surface area (Å²) >= 11 is 0. The van der Waals surface area contributed by atoms with Crippen molar-refractivity contribution in [1.82, 2.24) is 5.32 Å². The van der Waals surface area contributed by atoms with Gasteiger partial charge in [-0.3, -0.25) is 9.59 Å². The Morgan fingerprint density at radius 1 is 1.32 bits per heavy atom. The molecule has 0 heterocycles. The summed E-state index contributed by atoms with van der Waals surface area (Å²) in [6.45, 7) is 1.39. The summed E-state index contributed by atoms with van der Waals surface area (Å²) in [5, 5.41) is 2.32. The van der Waals surface area contributed by atoms with Gasteiger partial charge in [-0.1, -0.05) is 0 Å². The molecular weight excluding hydrogens is 301 g/mol. The van der Waals surface area contributed by atoms with Crippen molar-refractivity contribution in [2.75, 3.05) is 0 Å². The maximum absolute atomic E-state index is 12.4. The highest BCUT2D eigenvalue weighted by Crippen LogP contribution is 2.42. The lowest BCUT2D eigenvalue weighted by Crippen LogP contribution is -2.42. The van der Waals surface area contributed by atoms with Gasteiger partial charge in [-0.2, -0.15) is 0 Å². The minimum atomic E-state index is -4.84. The molecule has 0 saturated heterocycles. The molecule has 0 radical (unpaired) electrons. The van der Waals surface area contributed by atoms with Crippen molar-refractivity contribution in [3.8, 4) is 5.75 Å². The molecule has 1 saturated carbocycles. The highest BCUT2D eigenvalue weighted by Gasteiger charge is 2.33. The Kier molecular flexibility index (Phi) is 4.30. The molecule has 2 rings (SSSR count). The van der Waals surface area contributed by atoms with Gasteiger partial charge in [-0.15, -0.1) is 13.2 Å². The van der Waals surface area contributed by atoms with Crippen LogP contribution >= 0.6 is 0 Å². The zero-order valence-electron chi connectivity index (χ0n) is 11.7. The van der Waals surface area contributed by atoms with Crippen molar-refractivity contribution in [2.24, 2.45) is 5.73 Å². The molecule has 1 aromatic rings. The molecule has 120 valence electrons. The summed E-state index contributed by atoms with van der Waals surface area (Å²) in [6, 6.07) is 2.84. The van der Waals surface area contributed by atoms with Gasteiger partial charge in [0.1, 0.15) is 11.8 Å². The number of nitrogens with one attached hydrogen (secondary N) is 1. The van der Waals surface area contributed by atoms with Crippen molar-refractivity contribution >= 4 is 11.8 Å². The summed E-state index contributed by atoms with van der Waals surface area (Å²) in [5.41, 5.74) is 5.64. The number of nitrogens with two attached hydrogens (primary N) is 1. The van der Waals surface area contributed by atoms with Gasteiger partial charge in [0.2, 0.25) is 5.91 Å². The van der Waals surface area contributed by atoms with Crippen LogP contribution in [0.1, 0.15) is 41.6 Å². The van der Waals surface area contributed by atoms with E-state index in [4.69, 9.17) is 5.73 Å². The second kappa shape index (κ2) is 5.86. The lowest BCUT2D eigenvalue weighted by molar-refractivity contribution is -0.274. The van der Waals surface area contributed by atoms with E-state index in [2.05, 4.69) is 10.1 Å². The first-order valence-electron chi connectivity index (χ1n) is 6.66. The van der Waals surface area contributed by atoms with Gasteiger partial charge in [0, 0.05) is 5.56 Å². The zero-order chi connectivity index (χ0) is 16.5. The van der Waals surface area contributed by atoms with Crippen molar-refractivity contribution in [3.05, 3.63) is 29.3 Å². The Balaban J connectivity index is 2.25. The molecule has 1 atom stereocenters. The number of hydrogen-bond donors (Lipinski definition) is 2. The molecule has 1 aliphatic rings. The second-order valence-corrected chi connectivity index (χ2v) is 5.21. The fraction of sp³-hybridized carbons (Fsp3) is 0.429. The van der Waals surface area contributed by atoms with Gasteiger partial charge in [0.05, 0.1) is 0 Å². The normalized spacial score (nSPS) is 16.0. The first-order chi connectivity index (χ1) is 10.2. The van der Waals surface area contributed by atoms with Crippen molar-refractivity contribution < 1.29 is 27.5 Å². The molecule has 0 aromatic heterocycles. The van der Waals surface area contributed by atoms with Gasteiger partial charge in [0.25, 0.3) is 5.91 Å². The molecule has 0 bridgehead atoms. The molecule has 0 unspecified atom stereocenters. The molecule has 0 aliphatic heterocycles. The number of halogens is 3. The first-order valence-corrected chi connectivity index (χ1v) is 6.66. The Labute approximate surface area is 124 Å². The van der Waals surface area contributed by atoms with Gasteiger partial charge in [-0.05, 0) is 49.4 Å². The molecule has 3 N–H and O–H groups in total. The number of benzene rings is 1. The van der Waals surface area contributed by atoms with Crippen LogP contribution in [0.3, 0.4) is 0 Å². The quantitative estimate of drug-likeness (QED) is 0.872. The van der Waals surface area contributed by atoms with Crippen LogP contribution in [0.2, 0.25) is 0 Å². The molecule has 1 aliphatic carbocycles. The summed E-state index contributed by atoms with van der Waals surface area (Å²) in [5.74, 6) is -1.73. The molecule has 1 aromatic carbocycles. The van der Waals surface area contributed by atoms with Crippen LogP contribution in [0.15, 0.2) is 18.2 Å². The van der Waals surface area contributed by atoms with Gasteiger partial charge in [-0.25, -0.2) is 0 Å². The van der Waals surface area contributed by atoms with Crippen LogP contribution in [0.5, 0.6) is 5.75 Å². The summed E-state index contributed by atoms with van der Waals surface area (Å²) in [4.78, 5) is 23.0. The Morgan fingerprint density at radius 3 is 2.45 bits per heavy atom. The summed E-state index contributed by atoms with van der Waals surface area (Å²) < 4.78 is 41.0. The third kappa shape index (κ3) is 4.37. The number of carbonyl (C=O) groups is 2. The molecule has 2 amide bonds. The average molecular weight is 316 g/mol. The summed E-state index contributed by atoms with van der Waals surface area (Å²) in [6.07, 6.45) is -3.13. The predicted molar refractivity (Wildman–Crippen MR) is 71.2 cm³/mol. The number of ether oxygens (including phenoxy) is 1. The van der Waals surface area contributed by atoms with E-state index in [1.54, 1.807) is 0 Å². The Hall–Kier alpha value is -2.25. The number of primary amides is 1. The monoisotopic (exact) mass is 316 g/mol. The number of amides is 2. The maximum Gasteiger partial charge on any atom is 0.573 e. The van der Waals surface area contributed by atoms with Crippen LogP contribution in [0, 0.1) is 0 Å². The number of hydrogen-bond acceptors (Lipinski definition) is 3. The molecule has 8 heteroatoms. The SMILES string of the molecule is C[C@H](NC(=O)c1cc(OC(F)(F)F)cc(C2CC2)c1)C(N)=O. The minimum absolute atomic E-state index is 0.00301. The largest absolute Gasteiger partial charge is 0.573 e. The second-order valence-electron chi connectivity index (χ2n) is 5.21. The van der Waals surface area contributed by atoms with E-state index in [1.807, 2.05) is 0 Å². The standard InChI is InChI=1S/C14H15F3N2O3/c1-7(12(18)20)19-13(21)10-4-9(8-2-3-8)5-11(6-10)22-14(15,16)17/h4-8H,2-3H2,1H3,(H2,18,20)(H,19,21)/t7-/m0/s1. The van der Waals surface area contributed by atoms with Gasteiger partial charge < -0.3 is 15.8 Å². The molecule has 22 heavy (non-hydrogen) atoms. The predicted octanol–water partition coefficient (Wildman–Crippen LogP) is 2.07. The number of rotatable bonds is 5. The van der Waals surface area contributed by atoms with E-state index in [1.165, 1.54) is 19.1 Å². The highest BCUT2D eigenvalue weighted by molar-refractivity contribution is 5.97. The smallest absolute Gasteiger partial charge is 0.406 e. The lowest BCUT2D eigenvalue weighted by atomic mass is 10.1. The molecule has 0 spiro atoms. The van der Waals surface area contributed by atoms with E-state index < -0.39 is 30.0 Å². The summed E-state index contributed by atoms with van der Waals surface area (Å²) in [7, 11) is 0. The lowest BCUT2D eigenvalue weighted by Gasteiger charge is -2.14. The van der Waals surface area contributed by atoms with Crippen LogP contribution in [0.25, 0.3) is 0 Å². The van der Waals surface area contributed by atoms with Gasteiger partial charge >= 0.3 is 6.36 Å². The molecular formula is C14H15F3N2O3. The van der Waals surface area contributed by atoms with Crippen molar-refractivity contribution in [3.63, 3.8) is 0 Å². The molecule has 5 nitrogen and oxygen atoms in total. The van der Waals surface area contributed by atoms with Crippen LogP contribution in [0.4, 0.5) is 13.2 Å². The van der Waals surface area contributed by atoms with E-state index >= 15 is 0 Å². The van der Waals surface area contributed by atoms with E-state index in [0.29, 0.717) is 5.56 Å². The fourth-order valence-corrected chi connectivity index (χ4v) is 1.95. The van der Waals surface area contributed by atoms with Crippen LogP contribution in [-0.4, -0.2) is 24.2 Å². The fourth-order valence-electron chi connectivity index (χ4n) is 1.95. The van der Waals surface area contributed by atoms with Crippen molar-refractivity contribution in [1.29, 1.82) is 0 Å². The van der Waals surface area contributed by atoms with Gasteiger partial charge in [0.15, 0.2) is 0 Å². The van der Waals surface area contributed by atoms with E-state index in [9.17, 15) is 22.8 Å². The average Bonchev–Trinajstić information content (AvgIpc) is 3.20. The molecule has 1 fully saturated rings. The maximum atomic E-state index is 12.4. The number of carbonyl (C=O) groups excluding carboxylic acids is 2. The number of alkyl halides is 3.